The smallest absolute Gasteiger partial charge is 0.124 e. The first-order chi connectivity index (χ1) is 10.2. The molecule has 0 heterocycles. The molecule has 1 aromatic rings. The van der Waals surface area contributed by atoms with Crippen molar-refractivity contribution >= 4 is 15.9 Å². The second kappa shape index (κ2) is 8.79. The first-order valence-corrected chi connectivity index (χ1v) is 9.18. The molecular formula is C18H28BrNO. The molecule has 1 aliphatic carbocycles. The van der Waals surface area contributed by atoms with Crippen molar-refractivity contribution in [1.82, 2.24) is 5.32 Å². The topological polar surface area (TPSA) is 21.3 Å². The van der Waals surface area contributed by atoms with Gasteiger partial charge in [-0.1, -0.05) is 42.6 Å². The number of benzene rings is 1. The van der Waals surface area contributed by atoms with E-state index in [1.165, 1.54) is 37.7 Å². The average Bonchev–Trinajstić information content (AvgIpc) is 2.50. The molecule has 1 aromatic carbocycles. The van der Waals surface area contributed by atoms with Crippen LogP contribution in [0, 0.1) is 5.92 Å². The van der Waals surface area contributed by atoms with Crippen molar-refractivity contribution in [3.8, 4) is 5.75 Å². The van der Waals surface area contributed by atoms with E-state index in [0.717, 1.165) is 35.7 Å². The monoisotopic (exact) mass is 353 g/mol. The summed E-state index contributed by atoms with van der Waals surface area (Å²) in [4.78, 5) is 0. The summed E-state index contributed by atoms with van der Waals surface area (Å²) in [6.07, 6.45) is 7.94. The highest BCUT2D eigenvalue weighted by molar-refractivity contribution is 9.10. The Morgan fingerprint density at radius 3 is 2.90 bits per heavy atom. The molecule has 0 radical (unpaired) electrons. The third kappa shape index (κ3) is 5.30. The van der Waals surface area contributed by atoms with Crippen LogP contribution in [0.15, 0.2) is 22.7 Å². The van der Waals surface area contributed by atoms with E-state index in [-0.39, 0.29) is 0 Å². The van der Waals surface area contributed by atoms with Gasteiger partial charge in [-0.05, 0) is 56.3 Å². The quantitative estimate of drug-likeness (QED) is 0.671. The largest absolute Gasteiger partial charge is 0.490 e. The summed E-state index contributed by atoms with van der Waals surface area (Å²) < 4.78 is 7.47. The molecule has 2 atom stereocenters. The maximum atomic E-state index is 6.34. The molecule has 3 heteroatoms. The first kappa shape index (κ1) is 16.8. The summed E-state index contributed by atoms with van der Waals surface area (Å²) in [5, 5.41) is 3.48. The van der Waals surface area contributed by atoms with E-state index >= 15 is 0 Å². The molecule has 0 amide bonds. The lowest BCUT2D eigenvalue weighted by molar-refractivity contribution is 0.121. The summed E-state index contributed by atoms with van der Waals surface area (Å²) in [6.45, 7) is 6.42. The first-order valence-electron chi connectivity index (χ1n) is 8.38. The lowest BCUT2D eigenvalue weighted by Gasteiger charge is -2.29. The van der Waals surface area contributed by atoms with Gasteiger partial charge in [0.25, 0.3) is 0 Å². The second-order valence-electron chi connectivity index (χ2n) is 6.11. The number of nitrogens with one attached hydrogen (secondary N) is 1. The Hall–Kier alpha value is -0.540. The van der Waals surface area contributed by atoms with Gasteiger partial charge < -0.3 is 10.1 Å². The zero-order chi connectivity index (χ0) is 15.1. The third-order valence-corrected chi connectivity index (χ3v) is 4.86. The Bertz CT molecular complexity index is 435. The van der Waals surface area contributed by atoms with Crippen molar-refractivity contribution in [2.75, 3.05) is 6.54 Å². The van der Waals surface area contributed by atoms with Crippen LogP contribution in [0.3, 0.4) is 0 Å². The van der Waals surface area contributed by atoms with E-state index in [1.807, 2.05) is 0 Å². The lowest BCUT2D eigenvalue weighted by Crippen LogP contribution is -2.26. The Labute approximate surface area is 137 Å². The molecule has 0 bridgehead atoms. The fourth-order valence-electron chi connectivity index (χ4n) is 3.10. The van der Waals surface area contributed by atoms with Crippen LogP contribution in [0.2, 0.25) is 0 Å². The molecule has 2 rings (SSSR count). The highest BCUT2D eigenvalue weighted by Gasteiger charge is 2.22. The predicted octanol–water partition coefficient (Wildman–Crippen LogP) is 5.30. The molecule has 0 aliphatic heterocycles. The fraction of sp³-hybridized carbons (Fsp3) is 0.667. The zero-order valence-electron chi connectivity index (χ0n) is 13.3. The van der Waals surface area contributed by atoms with E-state index in [0.29, 0.717) is 6.10 Å². The maximum absolute atomic E-state index is 6.34. The van der Waals surface area contributed by atoms with Gasteiger partial charge in [-0.15, -0.1) is 0 Å². The van der Waals surface area contributed by atoms with Crippen LogP contribution in [-0.4, -0.2) is 12.6 Å². The fourth-order valence-corrected chi connectivity index (χ4v) is 3.51. The highest BCUT2D eigenvalue weighted by atomic mass is 79.9. The number of hydrogen-bond donors (Lipinski definition) is 1. The van der Waals surface area contributed by atoms with Crippen LogP contribution in [0.5, 0.6) is 5.75 Å². The Morgan fingerprint density at radius 2 is 2.14 bits per heavy atom. The van der Waals surface area contributed by atoms with Crippen molar-refractivity contribution in [2.45, 2.75) is 65.0 Å². The van der Waals surface area contributed by atoms with Crippen LogP contribution < -0.4 is 10.1 Å². The molecule has 118 valence electrons. The van der Waals surface area contributed by atoms with Crippen molar-refractivity contribution in [2.24, 2.45) is 5.92 Å². The SMILES string of the molecule is CCCNCc1cc(Br)ccc1OC1CCCC(CC)C1. The molecule has 21 heavy (non-hydrogen) atoms. The van der Waals surface area contributed by atoms with Gasteiger partial charge in [-0.2, -0.15) is 0 Å². The zero-order valence-corrected chi connectivity index (χ0v) is 14.9. The van der Waals surface area contributed by atoms with E-state index in [1.54, 1.807) is 0 Å². The normalized spacial score (nSPS) is 22.2. The van der Waals surface area contributed by atoms with Crippen molar-refractivity contribution in [1.29, 1.82) is 0 Å². The summed E-state index contributed by atoms with van der Waals surface area (Å²) >= 11 is 3.57. The highest BCUT2D eigenvalue weighted by Crippen LogP contribution is 2.31. The number of ether oxygens (including phenoxy) is 1. The summed E-state index contributed by atoms with van der Waals surface area (Å²) in [6, 6.07) is 6.37. The van der Waals surface area contributed by atoms with Gasteiger partial charge in [-0.25, -0.2) is 0 Å². The third-order valence-electron chi connectivity index (χ3n) is 4.37. The van der Waals surface area contributed by atoms with Gasteiger partial charge in [0.1, 0.15) is 5.75 Å². The molecule has 2 unspecified atom stereocenters. The predicted molar refractivity (Wildman–Crippen MR) is 92.8 cm³/mol. The minimum absolute atomic E-state index is 0.398. The van der Waals surface area contributed by atoms with Gasteiger partial charge in [0, 0.05) is 16.6 Å². The van der Waals surface area contributed by atoms with Crippen LogP contribution in [0.1, 0.15) is 57.9 Å². The van der Waals surface area contributed by atoms with Crippen molar-refractivity contribution in [3.63, 3.8) is 0 Å². The Balaban J connectivity index is 2.00. The van der Waals surface area contributed by atoms with E-state index in [2.05, 4.69) is 53.3 Å². The van der Waals surface area contributed by atoms with Crippen LogP contribution in [-0.2, 0) is 6.54 Å². The lowest BCUT2D eigenvalue weighted by atomic mass is 9.85. The summed E-state index contributed by atoms with van der Waals surface area (Å²) in [7, 11) is 0. The molecule has 1 saturated carbocycles. The molecular weight excluding hydrogens is 326 g/mol. The Morgan fingerprint density at radius 1 is 1.29 bits per heavy atom. The van der Waals surface area contributed by atoms with Crippen LogP contribution in [0.4, 0.5) is 0 Å². The molecule has 0 aromatic heterocycles. The van der Waals surface area contributed by atoms with Crippen molar-refractivity contribution < 1.29 is 4.74 Å². The van der Waals surface area contributed by atoms with Crippen LogP contribution >= 0.6 is 15.9 Å². The van der Waals surface area contributed by atoms with E-state index < -0.39 is 0 Å². The van der Waals surface area contributed by atoms with Gasteiger partial charge in [-0.3, -0.25) is 0 Å². The number of hydrogen-bond acceptors (Lipinski definition) is 2. The van der Waals surface area contributed by atoms with Crippen LogP contribution in [0.25, 0.3) is 0 Å². The van der Waals surface area contributed by atoms with Gasteiger partial charge in [0.15, 0.2) is 0 Å². The van der Waals surface area contributed by atoms with E-state index in [4.69, 9.17) is 4.74 Å². The molecule has 1 aliphatic rings. The maximum Gasteiger partial charge on any atom is 0.124 e. The minimum atomic E-state index is 0.398. The average molecular weight is 354 g/mol. The number of rotatable bonds is 7. The standard InChI is InChI=1S/C18H28BrNO/c1-3-10-20-13-15-12-16(19)8-9-18(15)21-17-7-5-6-14(4-2)11-17/h8-9,12,14,17,20H,3-7,10-11,13H2,1-2H3. The summed E-state index contributed by atoms with van der Waals surface area (Å²) in [5.74, 6) is 1.91. The molecule has 1 N–H and O–H groups in total. The molecule has 0 spiro atoms. The van der Waals surface area contributed by atoms with Gasteiger partial charge in [0.2, 0.25) is 0 Å². The van der Waals surface area contributed by atoms with Gasteiger partial charge >= 0.3 is 0 Å². The molecule has 2 nitrogen and oxygen atoms in total. The minimum Gasteiger partial charge on any atom is -0.490 e. The van der Waals surface area contributed by atoms with Crippen molar-refractivity contribution in [3.05, 3.63) is 28.2 Å². The second-order valence-corrected chi connectivity index (χ2v) is 7.03. The summed E-state index contributed by atoms with van der Waals surface area (Å²) in [5.41, 5.74) is 1.26. The molecule has 0 saturated heterocycles. The molecule has 1 fully saturated rings. The number of halogens is 1. The van der Waals surface area contributed by atoms with E-state index in [9.17, 15) is 0 Å². The van der Waals surface area contributed by atoms with Gasteiger partial charge in [0.05, 0.1) is 6.10 Å². The Kier molecular flexibility index (Phi) is 7.05.